The van der Waals surface area contributed by atoms with Gasteiger partial charge in [0.2, 0.25) is 17.2 Å². The van der Waals surface area contributed by atoms with Crippen molar-refractivity contribution >= 4 is 93.7 Å². The third kappa shape index (κ3) is 6.74. The fraction of sp³-hybridized carbons (Fsp3) is 0. The summed E-state index contributed by atoms with van der Waals surface area (Å²) in [5, 5.41) is 26.0. The largest absolute Gasteiger partial charge is 0.505 e. The van der Waals surface area contributed by atoms with Crippen LogP contribution < -0.4 is 16.4 Å². The van der Waals surface area contributed by atoms with E-state index in [0.29, 0.717) is 22.4 Å². The Morgan fingerprint density at radius 1 is 0.745 bits per heavy atom. The van der Waals surface area contributed by atoms with Crippen LogP contribution in [0, 0.1) is 0 Å². The molecule has 0 aliphatic carbocycles. The number of rotatable bonds is 8. The molecule has 5 aromatic carbocycles. The summed E-state index contributed by atoms with van der Waals surface area (Å²) in [6.45, 7) is 0. The van der Waals surface area contributed by atoms with E-state index in [1.165, 1.54) is 0 Å². The molecule has 0 radical (unpaired) electrons. The van der Waals surface area contributed by atoms with Gasteiger partial charge in [-0.3, -0.25) is 9.11 Å². The first-order valence-corrected chi connectivity index (χ1v) is 16.5. The second-order valence-corrected chi connectivity index (χ2v) is 13.1. The van der Waals surface area contributed by atoms with Gasteiger partial charge in [-0.15, -0.1) is 10.2 Å². The van der Waals surface area contributed by atoms with Gasteiger partial charge in [0.25, 0.3) is 20.2 Å². The van der Waals surface area contributed by atoms with E-state index in [4.69, 9.17) is 17.3 Å². The van der Waals surface area contributed by atoms with Crippen molar-refractivity contribution in [2.75, 3.05) is 16.4 Å². The highest BCUT2D eigenvalue weighted by Gasteiger charge is 2.26. The number of phenolic OH excluding ortho intramolecular Hbond substituents is 1. The van der Waals surface area contributed by atoms with Gasteiger partial charge in [-0.25, -0.2) is 0 Å². The van der Waals surface area contributed by atoms with E-state index in [0.717, 1.165) is 23.6 Å². The Labute approximate surface area is 271 Å². The highest BCUT2D eigenvalue weighted by molar-refractivity contribution is 7.86. The lowest BCUT2D eigenvalue weighted by Gasteiger charge is -2.15. The number of fused-ring (bicyclic) bond motifs is 2. The molecule has 47 heavy (non-hydrogen) atoms. The van der Waals surface area contributed by atoms with Crippen LogP contribution in [0.1, 0.15) is 0 Å². The summed E-state index contributed by atoms with van der Waals surface area (Å²) in [5.41, 5.74) is 6.22. The second kappa shape index (κ2) is 12.0. The molecule has 7 N–H and O–H groups in total. The Balaban J connectivity index is 1.53. The predicted molar refractivity (Wildman–Crippen MR) is 176 cm³/mol. The van der Waals surface area contributed by atoms with Crippen molar-refractivity contribution in [3.63, 3.8) is 0 Å². The van der Waals surface area contributed by atoms with E-state index >= 15 is 0 Å². The molecule has 0 spiro atoms. The Hall–Kier alpha value is -5.46. The van der Waals surface area contributed by atoms with Crippen molar-refractivity contribution in [2.24, 2.45) is 10.2 Å². The fourth-order valence-electron chi connectivity index (χ4n) is 4.73. The summed E-state index contributed by atoms with van der Waals surface area (Å²) in [6, 6.07) is 21.7. The monoisotopic (exact) mass is 692 g/mol. The number of azo groups is 1. The molecule has 18 heteroatoms. The van der Waals surface area contributed by atoms with E-state index in [9.17, 15) is 31.0 Å². The van der Waals surface area contributed by atoms with Gasteiger partial charge < -0.3 is 21.5 Å². The van der Waals surface area contributed by atoms with Gasteiger partial charge in [-0.05, 0) is 64.8 Å². The zero-order valence-corrected chi connectivity index (χ0v) is 26.0. The van der Waals surface area contributed by atoms with Crippen LogP contribution in [0.2, 0.25) is 5.28 Å². The average molecular weight is 693 g/mol. The normalized spacial score (nSPS) is 12.1. The van der Waals surface area contributed by atoms with Crippen molar-refractivity contribution in [1.29, 1.82) is 0 Å². The number of hydrogen-bond acceptors (Lipinski definition) is 13. The first-order chi connectivity index (χ1) is 22.3. The zero-order valence-electron chi connectivity index (χ0n) is 23.6. The highest BCUT2D eigenvalue weighted by Crippen LogP contribution is 2.46. The molecule has 1 heterocycles. The summed E-state index contributed by atoms with van der Waals surface area (Å²) in [6.07, 6.45) is 0. The van der Waals surface area contributed by atoms with Crippen LogP contribution >= 0.6 is 11.6 Å². The number of benzene rings is 5. The van der Waals surface area contributed by atoms with Crippen LogP contribution in [0.25, 0.3) is 21.5 Å². The molecule has 238 valence electrons. The summed E-state index contributed by atoms with van der Waals surface area (Å²) in [5.74, 6) is -1.11. The van der Waals surface area contributed by atoms with Gasteiger partial charge in [0.1, 0.15) is 10.6 Å². The van der Waals surface area contributed by atoms with Crippen LogP contribution in [-0.2, 0) is 20.2 Å². The highest BCUT2D eigenvalue weighted by atomic mass is 35.5. The van der Waals surface area contributed by atoms with Gasteiger partial charge in [-0.2, -0.15) is 31.8 Å². The molecule has 6 aromatic rings. The maximum absolute atomic E-state index is 12.5. The minimum atomic E-state index is -5.07. The van der Waals surface area contributed by atoms with E-state index in [2.05, 4.69) is 35.8 Å². The van der Waals surface area contributed by atoms with Crippen molar-refractivity contribution in [3.05, 3.63) is 90.2 Å². The molecule has 0 saturated carbocycles. The van der Waals surface area contributed by atoms with Crippen LogP contribution in [0.5, 0.6) is 5.75 Å². The predicted octanol–water partition coefficient (Wildman–Crippen LogP) is 6.52. The first kappa shape index (κ1) is 31.5. The first-order valence-electron chi connectivity index (χ1n) is 13.3. The Morgan fingerprint density at radius 2 is 1.45 bits per heavy atom. The molecule has 0 atom stereocenters. The average Bonchev–Trinajstić information content (AvgIpc) is 2.99. The minimum Gasteiger partial charge on any atom is -0.505 e. The molecule has 0 aliphatic rings. The molecule has 0 fully saturated rings. The van der Waals surface area contributed by atoms with Crippen molar-refractivity contribution < 1.29 is 31.0 Å². The van der Waals surface area contributed by atoms with Gasteiger partial charge in [0.15, 0.2) is 5.75 Å². The van der Waals surface area contributed by atoms with Gasteiger partial charge in [0, 0.05) is 22.1 Å². The number of hydrogen-bond donors (Lipinski definition) is 6. The quantitative estimate of drug-likeness (QED) is 0.0566. The van der Waals surface area contributed by atoms with Crippen molar-refractivity contribution in [2.45, 2.75) is 9.79 Å². The van der Waals surface area contributed by atoms with Gasteiger partial charge in [0.05, 0.1) is 16.3 Å². The fourth-order valence-corrected chi connectivity index (χ4v) is 6.09. The molecule has 0 aliphatic heterocycles. The maximum atomic E-state index is 12.5. The Bertz CT molecular complexity index is 2470. The molecule has 0 amide bonds. The van der Waals surface area contributed by atoms with Crippen LogP contribution in [0.3, 0.4) is 0 Å². The number of nitrogens with zero attached hydrogens (tertiary/aromatic N) is 5. The number of nitrogen functional groups attached to an aromatic ring is 1. The number of nitrogens with one attached hydrogen (secondary N) is 2. The number of anilines is 5. The third-order valence-corrected chi connectivity index (χ3v) is 8.59. The van der Waals surface area contributed by atoms with Crippen molar-refractivity contribution in [3.8, 4) is 5.75 Å². The third-order valence-electron chi connectivity index (χ3n) is 6.72. The molecule has 1 aromatic heterocycles. The zero-order chi connectivity index (χ0) is 33.5. The Morgan fingerprint density at radius 3 is 2.17 bits per heavy atom. The van der Waals surface area contributed by atoms with E-state index in [1.807, 2.05) is 18.2 Å². The summed E-state index contributed by atoms with van der Waals surface area (Å²) in [4.78, 5) is 10.6. The molecular formula is C29H21ClN8O7S2. The number of halogens is 1. The summed E-state index contributed by atoms with van der Waals surface area (Å²) in [7, 11) is -9.96. The van der Waals surface area contributed by atoms with Crippen molar-refractivity contribution in [1.82, 2.24) is 15.0 Å². The molecule has 15 nitrogen and oxygen atoms in total. The minimum absolute atomic E-state index is 0.0456. The lowest BCUT2D eigenvalue weighted by atomic mass is 10.1. The lowest BCUT2D eigenvalue weighted by Crippen LogP contribution is -2.06. The number of phenols is 1. The maximum Gasteiger partial charge on any atom is 0.296 e. The topological polar surface area (TPSA) is 242 Å². The molecule has 6 rings (SSSR count). The molecule has 0 bridgehead atoms. The van der Waals surface area contributed by atoms with E-state index in [-0.39, 0.29) is 33.6 Å². The van der Waals surface area contributed by atoms with E-state index < -0.39 is 41.5 Å². The smallest absolute Gasteiger partial charge is 0.296 e. The molecular weight excluding hydrogens is 672 g/mol. The summed E-state index contributed by atoms with van der Waals surface area (Å²) >= 11 is 6.13. The molecule has 0 saturated heterocycles. The van der Waals surface area contributed by atoms with E-state index in [1.54, 1.807) is 48.5 Å². The molecule has 0 unspecified atom stereocenters. The Kier molecular flexibility index (Phi) is 8.08. The number of aromatic nitrogens is 3. The van der Waals surface area contributed by atoms with Crippen LogP contribution in [0.15, 0.2) is 105 Å². The number of nitrogens with two attached hydrogens (primary N) is 1. The summed E-state index contributed by atoms with van der Waals surface area (Å²) < 4.78 is 69.3. The second-order valence-electron chi connectivity index (χ2n) is 9.92. The van der Waals surface area contributed by atoms with Crippen LogP contribution in [-0.4, -0.2) is 46.0 Å². The number of aromatic hydroxyl groups is 1. The SMILES string of the molecule is Nc1cccc(Nc2nc(Cl)nc(Nc3cc(S(=O)(=O)O)cc4cc(S(=O)(=O)O)c(/N=N/c5cccc6ccccc56)c(O)c34)n2)c1. The lowest BCUT2D eigenvalue weighted by molar-refractivity contribution is 0.472. The van der Waals surface area contributed by atoms with Gasteiger partial charge in [-0.1, -0.05) is 42.5 Å². The van der Waals surface area contributed by atoms with Crippen LogP contribution in [0.4, 0.5) is 40.3 Å². The van der Waals surface area contributed by atoms with Gasteiger partial charge >= 0.3 is 0 Å². The standard InChI is InChI=1S/C29H21ClN8O7S2/c30-27-34-28(32-18-8-4-7-17(31)13-18)36-29(35-27)33-22-14-19(46(40,41)42)11-16-12-23(47(43,44)45)25(26(39)24(16)22)38-37-21-10-3-6-15-5-1-2-9-20(15)21/h1-14,39H,31H2,(H,40,41,42)(H,43,44,45)(H2,32,33,34,35,36)/b38-37+.